The largest absolute Gasteiger partial charge is 0.141 e. The summed E-state index contributed by atoms with van der Waals surface area (Å²) in [5, 5.41) is 0. The van der Waals surface area contributed by atoms with Gasteiger partial charge in [-0.1, -0.05) is 105 Å². The minimum absolute atomic E-state index is 1.31. The van der Waals surface area contributed by atoms with Crippen LogP contribution in [-0.4, -0.2) is 30.4 Å². The van der Waals surface area contributed by atoms with Gasteiger partial charge in [0.1, 0.15) is 30.4 Å². The zero-order chi connectivity index (χ0) is 21.3. The molecule has 1 heterocycles. The van der Waals surface area contributed by atoms with Crippen LogP contribution in [0.1, 0.15) is 79.1 Å². The molecule has 0 saturated carbocycles. The van der Waals surface area contributed by atoms with Crippen molar-refractivity contribution < 1.29 is 0 Å². The molecule has 0 aromatic rings. The molecule has 0 fully saturated rings. The lowest BCUT2D eigenvalue weighted by Gasteiger charge is -2.42. The van der Waals surface area contributed by atoms with Gasteiger partial charge in [-0.05, 0) is 24.2 Å². The Morgan fingerprint density at radius 3 is 0.714 bits per heavy atom. The van der Waals surface area contributed by atoms with Crippen molar-refractivity contribution in [3.63, 3.8) is 0 Å². The molecule has 1 aliphatic heterocycles. The third-order valence-electron chi connectivity index (χ3n) is 7.79. The van der Waals surface area contributed by atoms with Crippen molar-refractivity contribution >= 4 is 30.4 Å². The summed E-state index contributed by atoms with van der Waals surface area (Å²) in [6, 6.07) is 5.62. The fraction of sp³-hybridized carbons (Fsp3) is 0.833. The predicted molar refractivity (Wildman–Crippen MR) is 141 cm³/mol. The van der Waals surface area contributed by atoms with Crippen LogP contribution in [0.4, 0.5) is 0 Å². The smallest absolute Gasteiger partial charge is 0.140 e. The highest BCUT2D eigenvalue weighted by Gasteiger charge is 2.51. The molecule has 0 N–H and O–H groups in total. The van der Waals surface area contributed by atoms with E-state index in [9.17, 15) is 0 Å². The molecule has 160 valence electrons. The second kappa shape index (κ2) is 11.4. The van der Waals surface area contributed by atoms with Crippen molar-refractivity contribution in [3.05, 3.63) is 0 Å². The first-order valence-electron chi connectivity index (χ1n) is 12.2. The van der Waals surface area contributed by atoms with Crippen LogP contribution < -0.4 is 0 Å². The summed E-state index contributed by atoms with van der Waals surface area (Å²) in [5.74, 6) is 0. The van der Waals surface area contributed by atoms with Gasteiger partial charge in [0.05, 0.1) is 0 Å². The topological polar surface area (TPSA) is 0 Å². The van der Waals surface area contributed by atoms with Crippen LogP contribution in [0.2, 0.25) is 50.4 Å². The first-order chi connectivity index (χ1) is 13.2. The SMILES string of the molecule is CCCC[Si]1(C)C#C[Si](C)(CCCC)[Si](C)(CCCC)C#C[Si]1(C)CCCC. The molecule has 0 radical (unpaired) electrons. The molecule has 0 amide bonds. The lowest BCUT2D eigenvalue weighted by Crippen LogP contribution is -2.63. The van der Waals surface area contributed by atoms with Crippen molar-refractivity contribution in [2.75, 3.05) is 0 Å². The Kier molecular flexibility index (Phi) is 10.6. The fourth-order valence-electron chi connectivity index (χ4n) is 4.58. The van der Waals surface area contributed by atoms with Crippen molar-refractivity contribution in [1.82, 2.24) is 0 Å². The summed E-state index contributed by atoms with van der Waals surface area (Å²) in [5.41, 5.74) is 16.8. The van der Waals surface area contributed by atoms with E-state index in [-0.39, 0.29) is 0 Å². The standard InChI is InChI=1S/C24H48Si4/c1-9-13-17-25(5)21-22-27(7,19-15-11-3)28(8,20-16-12-4)24-23-26(25,6)18-14-10-2/h9-20H2,1-8H3. The Bertz CT molecular complexity index is 508. The number of hydrogen-bond donors (Lipinski definition) is 0. The van der Waals surface area contributed by atoms with Gasteiger partial charge in [-0.3, -0.25) is 0 Å². The summed E-state index contributed by atoms with van der Waals surface area (Å²) in [6.45, 7) is 20.0. The Balaban J connectivity index is 3.52. The lowest BCUT2D eigenvalue weighted by molar-refractivity contribution is 0.863. The van der Waals surface area contributed by atoms with Gasteiger partial charge in [-0.25, -0.2) is 0 Å². The van der Waals surface area contributed by atoms with Gasteiger partial charge in [0.2, 0.25) is 0 Å². The van der Waals surface area contributed by atoms with E-state index in [1.54, 1.807) is 0 Å². The summed E-state index contributed by atoms with van der Waals surface area (Å²) in [6.07, 6.45) is 10.7. The minimum Gasteiger partial charge on any atom is -0.141 e. The van der Waals surface area contributed by atoms with Crippen LogP contribution in [0.25, 0.3) is 0 Å². The highest BCUT2D eigenvalue weighted by molar-refractivity contribution is 7.52. The average molecular weight is 449 g/mol. The average Bonchev–Trinajstić information content (AvgIpc) is 2.69. The van der Waals surface area contributed by atoms with E-state index in [2.05, 4.69) is 76.1 Å². The van der Waals surface area contributed by atoms with Gasteiger partial charge < -0.3 is 0 Å². The normalized spacial score (nSPS) is 34.6. The molecule has 1 aliphatic rings. The Morgan fingerprint density at radius 2 is 0.571 bits per heavy atom. The van der Waals surface area contributed by atoms with Gasteiger partial charge in [-0.2, -0.15) is 0 Å². The molecule has 0 aliphatic carbocycles. The quantitative estimate of drug-likeness (QED) is 0.211. The molecule has 4 unspecified atom stereocenters. The molecule has 1 rings (SSSR count). The predicted octanol–water partition coefficient (Wildman–Crippen LogP) is 7.84. The van der Waals surface area contributed by atoms with Gasteiger partial charge in [0, 0.05) is 0 Å². The van der Waals surface area contributed by atoms with Crippen LogP contribution in [0.15, 0.2) is 0 Å². The monoisotopic (exact) mass is 448 g/mol. The summed E-state index contributed by atoms with van der Waals surface area (Å²) in [7, 11) is -6.37. The third-order valence-corrected chi connectivity index (χ3v) is 40.4. The number of unbranched alkanes of at least 4 members (excludes halogenated alkanes) is 4. The maximum Gasteiger partial charge on any atom is 0.140 e. The van der Waals surface area contributed by atoms with Crippen molar-refractivity contribution in [2.24, 2.45) is 0 Å². The van der Waals surface area contributed by atoms with E-state index in [4.69, 9.17) is 0 Å². The maximum atomic E-state index is 4.21. The first kappa shape index (κ1) is 26.0. The summed E-state index contributed by atoms with van der Waals surface area (Å²) < 4.78 is 0. The zero-order valence-electron chi connectivity index (χ0n) is 20.5. The van der Waals surface area contributed by atoms with Crippen molar-refractivity contribution in [2.45, 2.75) is 129 Å². The van der Waals surface area contributed by atoms with E-state index in [1.807, 2.05) is 0 Å². The molecule has 0 aromatic carbocycles. The number of hydrogen-bond acceptors (Lipinski definition) is 0. The van der Waals surface area contributed by atoms with E-state index < -0.39 is 30.4 Å². The van der Waals surface area contributed by atoms with Gasteiger partial charge in [0.15, 0.2) is 0 Å². The third kappa shape index (κ3) is 6.00. The van der Waals surface area contributed by atoms with Crippen molar-refractivity contribution in [3.8, 4) is 22.2 Å². The zero-order valence-corrected chi connectivity index (χ0v) is 24.5. The van der Waals surface area contributed by atoms with Gasteiger partial charge in [0.25, 0.3) is 0 Å². The molecule has 0 aromatic heterocycles. The van der Waals surface area contributed by atoms with E-state index in [1.165, 1.54) is 75.5 Å². The van der Waals surface area contributed by atoms with E-state index in [0.29, 0.717) is 0 Å². The minimum atomic E-state index is -1.59. The van der Waals surface area contributed by atoms with E-state index in [0.717, 1.165) is 0 Å². The first-order valence-corrected chi connectivity index (χ1v) is 25.1. The van der Waals surface area contributed by atoms with Crippen LogP contribution in [0.5, 0.6) is 0 Å². The molecule has 4 heteroatoms. The van der Waals surface area contributed by atoms with Crippen molar-refractivity contribution in [1.29, 1.82) is 0 Å². The summed E-state index contributed by atoms with van der Waals surface area (Å²) in [4.78, 5) is 0. The highest BCUT2D eigenvalue weighted by atomic mass is 29.3. The molecule has 0 nitrogen and oxygen atoms in total. The maximum absolute atomic E-state index is 4.21. The van der Waals surface area contributed by atoms with Gasteiger partial charge in [-0.15, -0.1) is 22.2 Å². The molecular weight excluding hydrogens is 401 g/mol. The second-order valence-electron chi connectivity index (χ2n) is 10.2. The summed E-state index contributed by atoms with van der Waals surface area (Å²) >= 11 is 0. The van der Waals surface area contributed by atoms with Crippen LogP contribution in [0, 0.1) is 22.2 Å². The van der Waals surface area contributed by atoms with Crippen LogP contribution in [0.3, 0.4) is 0 Å². The van der Waals surface area contributed by atoms with Crippen LogP contribution >= 0.6 is 0 Å². The van der Waals surface area contributed by atoms with Gasteiger partial charge >= 0.3 is 0 Å². The molecule has 0 spiro atoms. The molecule has 4 atom stereocenters. The molecular formula is C24H48Si4. The van der Waals surface area contributed by atoms with E-state index >= 15 is 0 Å². The second-order valence-corrected chi connectivity index (χ2v) is 37.1. The Hall–Kier alpha value is -0.0125. The highest BCUT2D eigenvalue weighted by Crippen LogP contribution is 2.35. The Labute approximate surface area is 181 Å². The fourth-order valence-corrected chi connectivity index (χ4v) is 31.3. The Morgan fingerprint density at radius 1 is 0.393 bits per heavy atom. The molecule has 0 saturated heterocycles. The van der Waals surface area contributed by atoms with Crippen LogP contribution in [-0.2, 0) is 0 Å². The molecule has 28 heavy (non-hydrogen) atoms. The lowest BCUT2D eigenvalue weighted by atomic mass is 10.4. The molecule has 0 bridgehead atoms. The number of rotatable bonds is 12.